The van der Waals surface area contributed by atoms with Crippen molar-refractivity contribution < 1.29 is 9.53 Å². The lowest BCUT2D eigenvalue weighted by molar-refractivity contribution is 0.0763. The Bertz CT molecular complexity index is 517. The van der Waals surface area contributed by atoms with Gasteiger partial charge in [0.25, 0.3) is 5.91 Å². The number of carbonyl (C=O) groups is 1. The first-order chi connectivity index (χ1) is 10.8. The van der Waals surface area contributed by atoms with Crippen LogP contribution in [-0.2, 0) is 0 Å². The van der Waals surface area contributed by atoms with E-state index in [-0.39, 0.29) is 5.91 Å². The van der Waals surface area contributed by atoms with Crippen molar-refractivity contribution in [3.8, 4) is 5.75 Å². The van der Waals surface area contributed by atoms with Gasteiger partial charge in [0.2, 0.25) is 0 Å². The Kier molecular flexibility index (Phi) is 4.90. The maximum atomic E-state index is 12.7. The molecule has 1 N–H and O–H groups in total. The summed E-state index contributed by atoms with van der Waals surface area (Å²) in [5, 5.41) is 3.37. The number of aromatic nitrogens is 1. The molecule has 0 aromatic carbocycles. The molecule has 120 valence electrons. The Hall–Kier alpha value is -1.66. The molecule has 0 spiro atoms. The third-order valence-corrected chi connectivity index (χ3v) is 4.39. The molecule has 1 amide bonds. The van der Waals surface area contributed by atoms with Gasteiger partial charge in [0, 0.05) is 51.5 Å². The SMILES string of the molecule is CCOc1cccnc1C(=O)N1CCC(N2CCNCC2)C1. The van der Waals surface area contributed by atoms with Gasteiger partial charge in [0.15, 0.2) is 11.4 Å². The van der Waals surface area contributed by atoms with Crippen LogP contribution in [0.15, 0.2) is 18.3 Å². The molecule has 3 heterocycles. The number of nitrogens with zero attached hydrogens (tertiary/aromatic N) is 3. The zero-order chi connectivity index (χ0) is 15.4. The van der Waals surface area contributed by atoms with Gasteiger partial charge in [-0.2, -0.15) is 0 Å². The van der Waals surface area contributed by atoms with E-state index in [4.69, 9.17) is 4.74 Å². The molecule has 2 fully saturated rings. The first kappa shape index (κ1) is 15.2. The molecule has 2 aliphatic rings. The Balaban J connectivity index is 1.66. The average Bonchev–Trinajstić information content (AvgIpc) is 3.06. The number of hydrogen-bond donors (Lipinski definition) is 1. The molecule has 1 atom stereocenters. The van der Waals surface area contributed by atoms with Gasteiger partial charge in [-0.15, -0.1) is 0 Å². The molecule has 6 nitrogen and oxygen atoms in total. The lowest BCUT2D eigenvalue weighted by Gasteiger charge is -2.32. The number of carbonyl (C=O) groups excluding carboxylic acids is 1. The smallest absolute Gasteiger partial charge is 0.276 e. The number of rotatable bonds is 4. The normalized spacial score (nSPS) is 22.8. The second kappa shape index (κ2) is 7.07. The van der Waals surface area contributed by atoms with Gasteiger partial charge < -0.3 is 15.0 Å². The maximum absolute atomic E-state index is 12.7. The summed E-state index contributed by atoms with van der Waals surface area (Å²) < 4.78 is 5.53. The van der Waals surface area contributed by atoms with Crippen LogP contribution in [0.25, 0.3) is 0 Å². The van der Waals surface area contributed by atoms with E-state index < -0.39 is 0 Å². The largest absolute Gasteiger partial charge is 0.491 e. The molecule has 2 saturated heterocycles. The highest BCUT2D eigenvalue weighted by Gasteiger charge is 2.32. The van der Waals surface area contributed by atoms with Crippen molar-refractivity contribution in [2.45, 2.75) is 19.4 Å². The lowest BCUT2D eigenvalue weighted by atomic mass is 10.2. The summed E-state index contributed by atoms with van der Waals surface area (Å²) in [4.78, 5) is 21.4. The fraction of sp³-hybridized carbons (Fsp3) is 0.625. The summed E-state index contributed by atoms with van der Waals surface area (Å²) in [6.45, 7) is 8.27. The topological polar surface area (TPSA) is 57.7 Å². The van der Waals surface area contributed by atoms with Gasteiger partial charge in [-0.1, -0.05) is 0 Å². The standard InChI is InChI=1S/C16H24N4O2/c1-2-22-14-4-3-6-18-15(14)16(21)20-9-5-13(12-20)19-10-7-17-8-11-19/h3-4,6,13,17H,2,5,7-12H2,1H3. The van der Waals surface area contributed by atoms with Gasteiger partial charge in [-0.05, 0) is 25.5 Å². The van der Waals surface area contributed by atoms with Crippen LogP contribution in [0.2, 0.25) is 0 Å². The molecule has 22 heavy (non-hydrogen) atoms. The van der Waals surface area contributed by atoms with Gasteiger partial charge in [0.1, 0.15) is 0 Å². The van der Waals surface area contributed by atoms with Crippen LogP contribution in [-0.4, -0.2) is 72.6 Å². The van der Waals surface area contributed by atoms with Crippen LogP contribution in [0.1, 0.15) is 23.8 Å². The fourth-order valence-electron chi connectivity index (χ4n) is 3.24. The Morgan fingerprint density at radius 3 is 3.00 bits per heavy atom. The van der Waals surface area contributed by atoms with Crippen molar-refractivity contribution in [1.82, 2.24) is 20.1 Å². The first-order valence-corrected chi connectivity index (χ1v) is 8.11. The molecule has 0 bridgehead atoms. The van der Waals surface area contributed by atoms with Gasteiger partial charge in [-0.25, -0.2) is 4.98 Å². The number of hydrogen-bond acceptors (Lipinski definition) is 5. The zero-order valence-corrected chi connectivity index (χ0v) is 13.1. The maximum Gasteiger partial charge on any atom is 0.276 e. The Morgan fingerprint density at radius 1 is 1.41 bits per heavy atom. The Labute approximate surface area is 131 Å². The van der Waals surface area contributed by atoms with Crippen LogP contribution in [0.3, 0.4) is 0 Å². The minimum atomic E-state index is -0.0123. The number of pyridine rings is 1. The fourth-order valence-corrected chi connectivity index (χ4v) is 3.24. The quantitative estimate of drug-likeness (QED) is 0.883. The highest BCUT2D eigenvalue weighted by Crippen LogP contribution is 2.22. The lowest BCUT2D eigenvalue weighted by Crippen LogP contribution is -2.49. The third kappa shape index (κ3) is 3.23. The number of ether oxygens (including phenoxy) is 1. The van der Waals surface area contributed by atoms with Crippen LogP contribution in [0, 0.1) is 0 Å². The highest BCUT2D eigenvalue weighted by atomic mass is 16.5. The predicted molar refractivity (Wildman–Crippen MR) is 84.2 cm³/mol. The molecule has 2 aliphatic heterocycles. The second-order valence-corrected chi connectivity index (χ2v) is 5.76. The number of amides is 1. The van der Waals surface area contributed by atoms with E-state index in [1.807, 2.05) is 17.9 Å². The van der Waals surface area contributed by atoms with Gasteiger partial charge in [-0.3, -0.25) is 9.69 Å². The second-order valence-electron chi connectivity index (χ2n) is 5.76. The average molecular weight is 304 g/mol. The van der Waals surface area contributed by atoms with Crippen LogP contribution >= 0.6 is 0 Å². The predicted octanol–water partition coefficient (Wildman–Crippen LogP) is 0.600. The minimum absolute atomic E-state index is 0.0123. The van der Waals surface area contributed by atoms with E-state index in [1.165, 1.54) is 0 Å². The minimum Gasteiger partial charge on any atom is -0.491 e. The molecular formula is C16H24N4O2. The Morgan fingerprint density at radius 2 is 2.23 bits per heavy atom. The number of piperazine rings is 1. The molecule has 0 aliphatic carbocycles. The van der Waals surface area contributed by atoms with E-state index in [0.717, 1.165) is 45.7 Å². The molecule has 1 aromatic heterocycles. The van der Waals surface area contributed by atoms with E-state index in [2.05, 4.69) is 15.2 Å². The number of likely N-dealkylation sites (tertiary alicyclic amines) is 1. The highest BCUT2D eigenvalue weighted by molar-refractivity contribution is 5.95. The van der Waals surface area contributed by atoms with Crippen molar-refractivity contribution in [3.63, 3.8) is 0 Å². The summed E-state index contributed by atoms with van der Waals surface area (Å²) in [6.07, 6.45) is 2.70. The van der Waals surface area contributed by atoms with E-state index >= 15 is 0 Å². The number of nitrogens with one attached hydrogen (secondary N) is 1. The molecular weight excluding hydrogens is 280 g/mol. The van der Waals surface area contributed by atoms with E-state index in [1.54, 1.807) is 12.3 Å². The monoisotopic (exact) mass is 304 g/mol. The van der Waals surface area contributed by atoms with Gasteiger partial charge >= 0.3 is 0 Å². The van der Waals surface area contributed by atoms with Gasteiger partial charge in [0.05, 0.1) is 6.61 Å². The van der Waals surface area contributed by atoms with Crippen molar-refractivity contribution in [2.75, 3.05) is 45.9 Å². The molecule has 1 aromatic rings. The zero-order valence-electron chi connectivity index (χ0n) is 13.1. The molecule has 0 radical (unpaired) electrons. The van der Waals surface area contributed by atoms with Crippen molar-refractivity contribution in [3.05, 3.63) is 24.0 Å². The summed E-state index contributed by atoms with van der Waals surface area (Å²) in [7, 11) is 0. The van der Waals surface area contributed by atoms with E-state index in [0.29, 0.717) is 24.1 Å². The van der Waals surface area contributed by atoms with Crippen LogP contribution in [0.4, 0.5) is 0 Å². The third-order valence-electron chi connectivity index (χ3n) is 4.39. The summed E-state index contributed by atoms with van der Waals surface area (Å²) in [5.74, 6) is 0.572. The van der Waals surface area contributed by atoms with Crippen molar-refractivity contribution in [1.29, 1.82) is 0 Å². The molecule has 1 unspecified atom stereocenters. The molecule has 0 saturated carbocycles. The summed E-state index contributed by atoms with van der Waals surface area (Å²) in [5.41, 5.74) is 0.435. The molecule has 6 heteroatoms. The molecule has 3 rings (SSSR count). The van der Waals surface area contributed by atoms with Crippen LogP contribution < -0.4 is 10.1 Å². The van der Waals surface area contributed by atoms with E-state index in [9.17, 15) is 4.79 Å². The van der Waals surface area contributed by atoms with Crippen LogP contribution in [0.5, 0.6) is 5.75 Å². The van der Waals surface area contributed by atoms with Crippen molar-refractivity contribution >= 4 is 5.91 Å². The summed E-state index contributed by atoms with van der Waals surface area (Å²) in [6, 6.07) is 4.09. The first-order valence-electron chi connectivity index (χ1n) is 8.11. The van der Waals surface area contributed by atoms with Crippen molar-refractivity contribution in [2.24, 2.45) is 0 Å². The summed E-state index contributed by atoms with van der Waals surface area (Å²) >= 11 is 0.